The molecule has 184 valence electrons. The lowest BCUT2D eigenvalue weighted by Gasteiger charge is -2.44. The topological polar surface area (TPSA) is 80.4 Å². The molecule has 35 heavy (non-hydrogen) atoms. The molecule has 2 aromatic heterocycles. The molecule has 5 rings (SSSR count). The van der Waals surface area contributed by atoms with Crippen molar-refractivity contribution >= 4 is 29.1 Å². The van der Waals surface area contributed by atoms with Gasteiger partial charge in [0.05, 0.1) is 12.8 Å². The summed E-state index contributed by atoms with van der Waals surface area (Å²) in [5.41, 5.74) is 1.28. The van der Waals surface area contributed by atoms with Gasteiger partial charge in [-0.3, -0.25) is 19.2 Å². The molecule has 1 aliphatic carbocycles. The van der Waals surface area contributed by atoms with Gasteiger partial charge in [-0.1, -0.05) is 49.8 Å². The number of carbonyl (C=O) groups is 2. The molecule has 8 heteroatoms. The number of nitrogens with one attached hydrogen (secondary N) is 1. The molecule has 1 aromatic carbocycles. The summed E-state index contributed by atoms with van der Waals surface area (Å²) in [6.07, 6.45) is 9.35. The second-order valence-corrected chi connectivity index (χ2v) is 10.3. The SMILES string of the molecule is Cc1ccc(Cl)cc1N1C(=O)c2cc(-c3ccco3)nn2CC1(C)C(=O)NC1CCCCCCC1. The van der Waals surface area contributed by atoms with E-state index in [1.165, 1.54) is 19.3 Å². The highest BCUT2D eigenvalue weighted by molar-refractivity contribution is 6.31. The third kappa shape index (κ3) is 4.49. The van der Waals surface area contributed by atoms with Gasteiger partial charge in [0.25, 0.3) is 5.91 Å². The fourth-order valence-electron chi connectivity index (χ4n) is 5.27. The Bertz CT molecular complexity index is 1230. The largest absolute Gasteiger partial charge is 0.463 e. The minimum atomic E-state index is -1.19. The Morgan fingerprint density at radius 2 is 1.89 bits per heavy atom. The van der Waals surface area contributed by atoms with Crippen LogP contribution >= 0.6 is 11.6 Å². The predicted octanol–water partition coefficient (Wildman–Crippen LogP) is 5.75. The standard InChI is InChI=1S/C27H31ClN4O3/c1-18-12-13-19(28)15-22(18)32-25(33)23-16-21(24-11-8-14-35-24)30-31(23)17-27(32,2)26(34)29-20-9-6-4-3-5-7-10-20/h8,11-16,20H,3-7,9-10,17H2,1-2H3,(H,29,34). The van der Waals surface area contributed by atoms with Gasteiger partial charge in [-0.15, -0.1) is 0 Å². The first-order chi connectivity index (χ1) is 16.9. The molecule has 1 N–H and O–H groups in total. The number of nitrogens with zero attached hydrogens (tertiary/aromatic N) is 3. The van der Waals surface area contributed by atoms with E-state index in [1.807, 2.05) is 19.9 Å². The maximum absolute atomic E-state index is 14.0. The Labute approximate surface area is 210 Å². The number of halogens is 1. The number of anilines is 1. The van der Waals surface area contributed by atoms with Gasteiger partial charge >= 0.3 is 0 Å². The van der Waals surface area contributed by atoms with Gasteiger partial charge in [0.15, 0.2) is 5.76 Å². The molecule has 1 atom stereocenters. The van der Waals surface area contributed by atoms with Crippen molar-refractivity contribution in [2.24, 2.45) is 0 Å². The van der Waals surface area contributed by atoms with Crippen LogP contribution in [-0.2, 0) is 11.3 Å². The Morgan fingerprint density at radius 3 is 2.60 bits per heavy atom. The minimum Gasteiger partial charge on any atom is -0.463 e. The van der Waals surface area contributed by atoms with E-state index in [-0.39, 0.29) is 24.4 Å². The second kappa shape index (κ2) is 9.53. The predicted molar refractivity (Wildman–Crippen MR) is 136 cm³/mol. The van der Waals surface area contributed by atoms with Crippen LogP contribution in [0.15, 0.2) is 47.1 Å². The van der Waals surface area contributed by atoms with E-state index >= 15 is 0 Å². The normalized spacial score (nSPS) is 21.3. The first-order valence-electron chi connectivity index (χ1n) is 12.4. The van der Waals surface area contributed by atoms with E-state index in [4.69, 9.17) is 16.0 Å². The van der Waals surface area contributed by atoms with E-state index in [2.05, 4.69) is 10.4 Å². The Morgan fingerprint density at radius 1 is 1.14 bits per heavy atom. The van der Waals surface area contributed by atoms with Gasteiger partial charge in [0.1, 0.15) is 16.9 Å². The summed E-state index contributed by atoms with van der Waals surface area (Å²) in [6.45, 7) is 3.96. The average Bonchev–Trinajstić information content (AvgIpc) is 3.48. The zero-order valence-electron chi connectivity index (χ0n) is 20.2. The highest BCUT2D eigenvalue weighted by Gasteiger charge is 2.49. The van der Waals surface area contributed by atoms with E-state index in [0.29, 0.717) is 27.9 Å². The Kier molecular flexibility index (Phi) is 6.45. The molecule has 3 heterocycles. The summed E-state index contributed by atoms with van der Waals surface area (Å²) in [6, 6.07) is 10.8. The van der Waals surface area contributed by atoms with Crippen molar-refractivity contribution in [2.75, 3.05) is 4.90 Å². The van der Waals surface area contributed by atoms with Crippen molar-refractivity contribution in [3.8, 4) is 11.5 Å². The van der Waals surface area contributed by atoms with Crippen LogP contribution in [0.5, 0.6) is 0 Å². The van der Waals surface area contributed by atoms with Crippen molar-refractivity contribution < 1.29 is 14.0 Å². The number of aromatic nitrogens is 2. The maximum atomic E-state index is 14.0. The third-order valence-corrected chi connectivity index (χ3v) is 7.50. The molecule has 1 unspecified atom stereocenters. The smallest absolute Gasteiger partial charge is 0.277 e. The molecule has 1 saturated carbocycles. The first kappa shape index (κ1) is 23.7. The number of amides is 2. The van der Waals surface area contributed by atoms with Crippen molar-refractivity contribution in [1.29, 1.82) is 0 Å². The number of hydrogen-bond acceptors (Lipinski definition) is 4. The number of fused-ring (bicyclic) bond motifs is 1. The molecule has 0 saturated heterocycles. The van der Waals surface area contributed by atoms with Crippen molar-refractivity contribution in [3.63, 3.8) is 0 Å². The molecule has 1 fully saturated rings. The van der Waals surface area contributed by atoms with E-state index in [0.717, 1.165) is 31.2 Å². The molecule has 0 bridgehead atoms. The molecule has 1 aliphatic heterocycles. The lowest BCUT2D eigenvalue weighted by Crippen LogP contribution is -2.65. The van der Waals surface area contributed by atoms with Crippen molar-refractivity contribution in [2.45, 2.75) is 76.9 Å². The van der Waals surface area contributed by atoms with Gasteiger partial charge in [-0.2, -0.15) is 5.10 Å². The average molecular weight is 495 g/mol. The van der Waals surface area contributed by atoms with E-state index in [1.54, 1.807) is 46.2 Å². The zero-order valence-corrected chi connectivity index (χ0v) is 21.0. The van der Waals surface area contributed by atoms with E-state index < -0.39 is 5.54 Å². The van der Waals surface area contributed by atoms with Crippen LogP contribution in [0.25, 0.3) is 11.5 Å². The van der Waals surface area contributed by atoms with Crippen molar-refractivity contribution in [1.82, 2.24) is 15.1 Å². The third-order valence-electron chi connectivity index (χ3n) is 7.27. The summed E-state index contributed by atoms with van der Waals surface area (Å²) < 4.78 is 7.14. The number of carbonyl (C=O) groups excluding carboxylic acids is 2. The number of furan rings is 1. The van der Waals surface area contributed by atoms with Gasteiger partial charge in [0.2, 0.25) is 5.91 Å². The van der Waals surface area contributed by atoms with Crippen molar-refractivity contribution in [3.05, 3.63) is 58.9 Å². The quantitative estimate of drug-likeness (QED) is 0.500. The highest BCUT2D eigenvalue weighted by atomic mass is 35.5. The van der Waals surface area contributed by atoms with Crippen LogP contribution in [0.1, 0.15) is 67.9 Å². The monoisotopic (exact) mass is 494 g/mol. The van der Waals surface area contributed by atoms with Gasteiger partial charge < -0.3 is 9.73 Å². The maximum Gasteiger partial charge on any atom is 0.277 e. The zero-order chi connectivity index (χ0) is 24.6. The lowest BCUT2D eigenvalue weighted by molar-refractivity contribution is -0.127. The molecule has 7 nitrogen and oxygen atoms in total. The van der Waals surface area contributed by atoms with Gasteiger partial charge in [-0.25, -0.2) is 0 Å². The molecule has 3 aromatic rings. The Balaban J connectivity index is 1.55. The minimum absolute atomic E-state index is 0.106. The van der Waals surface area contributed by atoms with Crippen LogP contribution in [0.3, 0.4) is 0 Å². The first-order valence-corrected chi connectivity index (χ1v) is 12.8. The second-order valence-electron chi connectivity index (χ2n) is 9.91. The highest BCUT2D eigenvalue weighted by Crippen LogP contribution is 2.37. The number of benzene rings is 1. The summed E-state index contributed by atoms with van der Waals surface area (Å²) >= 11 is 6.35. The fourth-order valence-corrected chi connectivity index (χ4v) is 5.43. The summed E-state index contributed by atoms with van der Waals surface area (Å²) in [4.78, 5) is 29.6. The molecular weight excluding hydrogens is 464 g/mol. The summed E-state index contributed by atoms with van der Waals surface area (Å²) in [5, 5.41) is 8.43. The molecule has 0 spiro atoms. The lowest BCUT2D eigenvalue weighted by atomic mass is 9.91. The fraction of sp³-hybridized carbons (Fsp3) is 0.444. The van der Waals surface area contributed by atoms with Gasteiger partial charge in [0, 0.05) is 22.8 Å². The van der Waals surface area contributed by atoms with Gasteiger partial charge in [-0.05, 0) is 56.5 Å². The van der Waals surface area contributed by atoms with Crippen LogP contribution < -0.4 is 10.2 Å². The molecule has 2 amide bonds. The number of hydrogen-bond donors (Lipinski definition) is 1. The number of aryl methyl sites for hydroxylation is 1. The molecular formula is C27H31ClN4O3. The molecule has 0 radical (unpaired) electrons. The summed E-state index contributed by atoms with van der Waals surface area (Å²) in [5.74, 6) is 0.115. The van der Waals surface area contributed by atoms with Crippen LogP contribution in [-0.4, -0.2) is 33.2 Å². The number of rotatable bonds is 4. The van der Waals surface area contributed by atoms with E-state index in [9.17, 15) is 9.59 Å². The van der Waals surface area contributed by atoms with Crippen LogP contribution in [0.4, 0.5) is 5.69 Å². The van der Waals surface area contributed by atoms with Crippen LogP contribution in [0, 0.1) is 6.92 Å². The Hall–Kier alpha value is -3.06. The van der Waals surface area contributed by atoms with Crippen LogP contribution in [0.2, 0.25) is 5.02 Å². The summed E-state index contributed by atoms with van der Waals surface area (Å²) in [7, 11) is 0. The molecule has 2 aliphatic rings.